The summed E-state index contributed by atoms with van der Waals surface area (Å²) in [7, 11) is 0. The Hall–Kier alpha value is -0.650. The maximum Gasteiger partial charge on any atom is 0.226 e. The molecule has 96 valence electrons. The zero-order valence-corrected chi connectivity index (χ0v) is 11.5. The van der Waals surface area contributed by atoms with Crippen molar-refractivity contribution in [1.82, 2.24) is 10.3 Å². The number of aromatic nitrogens is 1. The number of aryl methyl sites for hydroxylation is 1. The highest BCUT2D eigenvalue weighted by atomic mass is 35.5. The van der Waals surface area contributed by atoms with Crippen LogP contribution in [0.15, 0.2) is 5.38 Å². The third-order valence-corrected chi connectivity index (χ3v) is 3.68. The molecule has 1 aromatic heterocycles. The van der Waals surface area contributed by atoms with Gasteiger partial charge in [-0.15, -0.1) is 23.7 Å². The highest BCUT2D eigenvalue weighted by molar-refractivity contribution is 7.13. The first-order valence-electron chi connectivity index (χ1n) is 5.67. The van der Waals surface area contributed by atoms with Crippen LogP contribution in [0.25, 0.3) is 0 Å². The number of rotatable bonds is 4. The van der Waals surface area contributed by atoms with Crippen molar-refractivity contribution in [3.05, 3.63) is 11.1 Å². The van der Waals surface area contributed by atoms with E-state index in [2.05, 4.69) is 15.6 Å². The maximum atomic E-state index is 11.6. The normalized spacial score (nSPS) is 18.8. The van der Waals surface area contributed by atoms with Gasteiger partial charge in [0.15, 0.2) is 5.13 Å². The number of amides is 1. The number of hydrogen-bond donors (Lipinski definition) is 2. The molecule has 0 spiro atoms. The molecule has 0 saturated carbocycles. The second-order valence-electron chi connectivity index (χ2n) is 4.24. The molecule has 2 heterocycles. The summed E-state index contributed by atoms with van der Waals surface area (Å²) in [6.07, 6.45) is 2.78. The number of nitrogens with zero attached hydrogens (tertiary/aromatic N) is 1. The summed E-state index contributed by atoms with van der Waals surface area (Å²) in [4.78, 5) is 15.8. The molecule has 2 N–H and O–H groups in total. The molecule has 0 aromatic carbocycles. The molecule has 1 fully saturated rings. The lowest BCUT2D eigenvalue weighted by Gasteiger charge is -2.06. The van der Waals surface area contributed by atoms with E-state index in [0.29, 0.717) is 17.5 Å². The summed E-state index contributed by atoms with van der Waals surface area (Å²) in [5, 5.41) is 8.80. The molecule has 1 aromatic rings. The van der Waals surface area contributed by atoms with Crippen molar-refractivity contribution in [1.29, 1.82) is 0 Å². The number of anilines is 1. The zero-order valence-electron chi connectivity index (χ0n) is 9.86. The Kier molecular flexibility index (Phi) is 5.88. The Morgan fingerprint density at radius 3 is 3.12 bits per heavy atom. The van der Waals surface area contributed by atoms with E-state index in [0.717, 1.165) is 25.2 Å². The van der Waals surface area contributed by atoms with Crippen molar-refractivity contribution in [2.45, 2.75) is 26.2 Å². The van der Waals surface area contributed by atoms with Gasteiger partial charge in [-0.05, 0) is 38.8 Å². The Bertz CT molecular complexity index is 363. The third kappa shape index (κ3) is 4.61. The third-order valence-electron chi connectivity index (χ3n) is 2.81. The van der Waals surface area contributed by atoms with Gasteiger partial charge in [0.05, 0.1) is 5.69 Å². The van der Waals surface area contributed by atoms with E-state index in [1.165, 1.54) is 17.8 Å². The number of halogens is 1. The van der Waals surface area contributed by atoms with Crippen molar-refractivity contribution in [3.8, 4) is 0 Å². The van der Waals surface area contributed by atoms with Crippen molar-refractivity contribution < 1.29 is 4.79 Å². The van der Waals surface area contributed by atoms with Gasteiger partial charge in [0.2, 0.25) is 5.91 Å². The van der Waals surface area contributed by atoms with Crippen LogP contribution >= 0.6 is 23.7 Å². The minimum absolute atomic E-state index is 0. The molecule has 1 saturated heterocycles. The van der Waals surface area contributed by atoms with Gasteiger partial charge in [-0.1, -0.05) is 0 Å². The summed E-state index contributed by atoms with van der Waals surface area (Å²) in [5.41, 5.74) is 0.959. The van der Waals surface area contributed by atoms with Gasteiger partial charge in [-0.3, -0.25) is 4.79 Å². The number of hydrogen-bond acceptors (Lipinski definition) is 4. The maximum absolute atomic E-state index is 11.6. The van der Waals surface area contributed by atoms with Crippen LogP contribution in [-0.4, -0.2) is 24.0 Å². The Morgan fingerprint density at radius 1 is 1.71 bits per heavy atom. The van der Waals surface area contributed by atoms with Crippen LogP contribution in [0.3, 0.4) is 0 Å². The van der Waals surface area contributed by atoms with Crippen molar-refractivity contribution in [2.75, 3.05) is 18.4 Å². The van der Waals surface area contributed by atoms with Gasteiger partial charge < -0.3 is 10.6 Å². The van der Waals surface area contributed by atoms with Crippen LogP contribution in [0, 0.1) is 12.8 Å². The predicted molar refractivity (Wildman–Crippen MR) is 72.9 cm³/mol. The van der Waals surface area contributed by atoms with E-state index in [9.17, 15) is 4.79 Å². The van der Waals surface area contributed by atoms with Crippen molar-refractivity contribution >= 4 is 34.8 Å². The minimum Gasteiger partial charge on any atom is -0.316 e. The molecule has 6 heteroatoms. The first-order valence-corrected chi connectivity index (χ1v) is 6.54. The molecule has 2 rings (SSSR count). The number of nitrogens with one attached hydrogen (secondary N) is 2. The largest absolute Gasteiger partial charge is 0.316 e. The summed E-state index contributed by atoms with van der Waals surface area (Å²) in [6.45, 7) is 4.08. The van der Waals surface area contributed by atoms with E-state index >= 15 is 0 Å². The molecule has 1 amide bonds. The summed E-state index contributed by atoms with van der Waals surface area (Å²) in [6, 6.07) is 0. The summed E-state index contributed by atoms with van der Waals surface area (Å²) >= 11 is 1.48. The van der Waals surface area contributed by atoms with Crippen LogP contribution in [0.5, 0.6) is 0 Å². The lowest BCUT2D eigenvalue weighted by molar-refractivity contribution is -0.116. The molecule has 1 aliphatic heterocycles. The van der Waals surface area contributed by atoms with E-state index < -0.39 is 0 Å². The molecule has 1 aliphatic rings. The van der Waals surface area contributed by atoms with Gasteiger partial charge in [-0.2, -0.15) is 0 Å². The molecular formula is C11H18ClN3OS. The molecule has 1 atom stereocenters. The second kappa shape index (κ2) is 6.93. The fourth-order valence-corrected chi connectivity index (χ4v) is 2.59. The smallest absolute Gasteiger partial charge is 0.226 e. The monoisotopic (exact) mass is 275 g/mol. The Labute approximate surface area is 112 Å². The van der Waals surface area contributed by atoms with Gasteiger partial charge in [-0.25, -0.2) is 4.98 Å². The fourth-order valence-electron chi connectivity index (χ4n) is 1.89. The van der Waals surface area contributed by atoms with Gasteiger partial charge >= 0.3 is 0 Å². The first-order chi connectivity index (χ1) is 7.74. The number of carbonyl (C=O) groups is 1. The van der Waals surface area contributed by atoms with Crippen LogP contribution in [0.4, 0.5) is 5.13 Å². The average molecular weight is 276 g/mol. The molecule has 1 unspecified atom stereocenters. The first kappa shape index (κ1) is 14.4. The Balaban J connectivity index is 0.00000144. The summed E-state index contributed by atoms with van der Waals surface area (Å²) in [5.74, 6) is 0.755. The fraction of sp³-hybridized carbons (Fsp3) is 0.636. The number of thiazole rings is 1. The second-order valence-corrected chi connectivity index (χ2v) is 5.10. The SMILES string of the molecule is Cc1csc(NC(=O)CCC2CCNC2)n1.Cl. The van der Waals surface area contributed by atoms with E-state index in [1.54, 1.807) is 0 Å². The van der Waals surface area contributed by atoms with E-state index in [1.807, 2.05) is 12.3 Å². The van der Waals surface area contributed by atoms with Gasteiger partial charge in [0, 0.05) is 11.8 Å². The molecule has 4 nitrogen and oxygen atoms in total. The van der Waals surface area contributed by atoms with Crippen LogP contribution in [0.2, 0.25) is 0 Å². The van der Waals surface area contributed by atoms with Gasteiger partial charge in [0.1, 0.15) is 0 Å². The molecule has 17 heavy (non-hydrogen) atoms. The Morgan fingerprint density at radius 2 is 2.53 bits per heavy atom. The average Bonchev–Trinajstić information content (AvgIpc) is 2.87. The summed E-state index contributed by atoms with van der Waals surface area (Å²) < 4.78 is 0. The van der Waals surface area contributed by atoms with E-state index in [4.69, 9.17) is 0 Å². The quantitative estimate of drug-likeness (QED) is 0.886. The molecular weight excluding hydrogens is 258 g/mol. The molecule has 0 radical (unpaired) electrons. The predicted octanol–water partition coefficient (Wildman–Crippen LogP) is 2.20. The van der Waals surface area contributed by atoms with Crippen molar-refractivity contribution in [2.24, 2.45) is 5.92 Å². The topological polar surface area (TPSA) is 54.0 Å². The van der Waals surface area contributed by atoms with Crippen LogP contribution in [-0.2, 0) is 4.79 Å². The highest BCUT2D eigenvalue weighted by Gasteiger charge is 2.15. The van der Waals surface area contributed by atoms with Crippen LogP contribution < -0.4 is 10.6 Å². The highest BCUT2D eigenvalue weighted by Crippen LogP contribution is 2.17. The lowest BCUT2D eigenvalue weighted by Crippen LogP contribution is -2.14. The van der Waals surface area contributed by atoms with Crippen LogP contribution in [0.1, 0.15) is 25.0 Å². The lowest BCUT2D eigenvalue weighted by atomic mass is 10.0. The number of carbonyl (C=O) groups excluding carboxylic acids is 1. The zero-order chi connectivity index (χ0) is 11.4. The standard InChI is InChI=1S/C11H17N3OS.ClH/c1-8-7-16-11(13-8)14-10(15)3-2-9-4-5-12-6-9;/h7,9,12H,2-6H2,1H3,(H,13,14,15);1H. The molecule has 0 aliphatic carbocycles. The van der Waals surface area contributed by atoms with Crippen molar-refractivity contribution in [3.63, 3.8) is 0 Å². The van der Waals surface area contributed by atoms with Gasteiger partial charge in [0.25, 0.3) is 0 Å². The minimum atomic E-state index is 0. The van der Waals surface area contributed by atoms with E-state index in [-0.39, 0.29) is 18.3 Å². The molecule has 0 bridgehead atoms.